The van der Waals surface area contributed by atoms with Crippen molar-refractivity contribution in [3.8, 4) is 0 Å². The molecule has 1 aromatic rings. The van der Waals surface area contributed by atoms with Gasteiger partial charge in [-0.15, -0.1) is 0 Å². The van der Waals surface area contributed by atoms with Gasteiger partial charge in [0, 0.05) is 6.20 Å². The van der Waals surface area contributed by atoms with Gasteiger partial charge in [-0.1, -0.05) is 11.6 Å². The summed E-state index contributed by atoms with van der Waals surface area (Å²) in [5, 5.41) is 24.9. The zero-order chi connectivity index (χ0) is 12.1. The molecule has 0 aliphatic heterocycles. The third-order valence-electron chi connectivity index (χ3n) is 2.03. The molecule has 16 heavy (non-hydrogen) atoms. The maximum atomic E-state index is 11.5. The topological polar surface area (TPSA) is 87.4 Å². The molecule has 0 spiro atoms. The summed E-state index contributed by atoms with van der Waals surface area (Å²) >= 11 is 5.63. The number of carbonyl (C=O) groups is 1. The van der Waals surface area contributed by atoms with Gasteiger partial charge in [-0.25, -0.2) is 0 Å². The summed E-state index contributed by atoms with van der Waals surface area (Å²) in [6.07, 6.45) is 2.12. The second-order valence-electron chi connectivity index (χ2n) is 3.45. The van der Waals surface area contributed by atoms with Crippen LogP contribution in [-0.2, 0) is 11.3 Å². The molecular formula is C9H14ClN3O3. The number of halogens is 1. The van der Waals surface area contributed by atoms with Crippen LogP contribution in [0.4, 0.5) is 0 Å². The Morgan fingerprint density at radius 2 is 2.44 bits per heavy atom. The minimum atomic E-state index is -0.810. The van der Waals surface area contributed by atoms with E-state index in [1.165, 1.54) is 24.0 Å². The molecule has 0 bridgehead atoms. The lowest BCUT2D eigenvalue weighted by Gasteiger charge is -2.18. The summed E-state index contributed by atoms with van der Waals surface area (Å²) in [5.41, 5.74) is 0. The van der Waals surface area contributed by atoms with Crippen LogP contribution < -0.4 is 5.32 Å². The molecule has 0 radical (unpaired) electrons. The van der Waals surface area contributed by atoms with Gasteiger partial charge in [0.15, 0.2) is 0 Å². The minimum absolute atomic E-state index is 0.00403. The number of aliphatic hydroxyl groups is 2. The number of aliphatic hydroxyl groups excluding tert-OH is 2. The molecule has 1 amide bonds. The van der Waals surface area contributed by atoms with Crippen molar-refractivity contribution < 1.29 is 15.0 Å². The lowest BCUT2D eigenvalue weighted by atomic mass is 10.2. The van der Waals surface area contributed by atoms with Gasteiger partial charge in [0.2, 0.25) is 5.91 Å². The minimum Gasteiger partial charge on any atom is -0.394 e. The first-order valence-electron chi connectivity index (χ1n) is 4.79. The molecule has 0 aromatic carbocycles. The van der Waals surface area contributed by atoms with Gasteiger partial charge in [0.1, 0.15) is 6.54 Å². The Labute approximate surface area is 97.8 Å². The summed E-state index contributed by atoms with van der Waals surface area (Å²) < 4.78 is 1.37. The van der Waals surface area contributed by atoms with Crippen molar-refractivity contribution in [3.63, 3.8) is 0 Å². The van der Waals surface area contributed by atoms with E-state index in [1.54, 1.807) is 0 Å². The SMILES string of the molecule is C[C@@H](O)[C@@H](CO)NC(=O)Cn1cc(Cl)cn1. The average molecular weight is 248 g/mol. The van der Waals surface area contributed by atoms with Crippen LogP contribution in [0.3, 0.4) is 0 Å². The van der Waals surface area contributed by atoms with Crippen LogP contribution in [0.2, 0.25) is 5.02 Å². The van der Waals surface area contributed by atoms with Crippen molar-refractivity contribution in [2.24, 2.45) is 0 Å². The zero-order valence-electron chi connectivity index (χ0n) is 8.80. The predicted molar refractivity (Wildman–Crippen MR) is 57.9 cm³/mol. The second-order valence-corrected chi connectivity index (χ2v) is 3.89. The summed E-state index contributed by atoms with van der Waals surface area (Å²) in [7, 11) is 0. The number of carbonyl (C=O) groups excluding carboxylic acids is 1. The molecule has 0 aliphatic rings. The quantitative estimate of drug-likeness (QED) is 0.648. The van der Waals surface area contributed by atoms with E-state index in [-0.39, 0.29) is 19.1 Å². The maximum Gasteiger partial charge on any atom is 0.242 e. The average Bonchev–Trinajstić information content (AvgIpc) is 2.60. The number of nitrogens with zero attached hydrogens (tertiary/aromatic N) is 2. The van der Waals surface area contributed by atoms with Gasteiger partial charge in [-0.2, -0.15) is 5.10 Å². The largest absolute Gasteiger partial charge is 0.394 e. The number of aromatic nitrogens is 2. The zero-order valence-corrected chi connectivity index (χ0v) is 9.55. The van der Waals surface area contributed by atoms with Crippen LogP contribution in [0.25, 0.3) is 0 Å². The highest BCUT2D eigenvalue weighted by Crippen LogP contribution is 2.04. The van der Waals surface area contributed by atoms with Crippen LogP contribution in [0.5, 0.6) is 0 Å². The molecular weight excluding hydrogens is 234 g/mol. The Bertz CT molecular complexity index is 354. The Hall–Kier alpha value is -1.11. The van der Waals surface area contributed by atoms with Crippen LogP contribution in [0.1, 0.15) is 6.92 Å². The van der Waals surface area contributed by atoms with Gasteiger partial charge in [0.05, 0.1) is 30.0 Å². The first-order chi connectivity index (χ1) is 7.52. The van der Waals surface area contributed by atoms with Gasteiger partial charge < -0.3 is 15.5 Å². The van der Waals surface area contributed by atoms with E-state index in [0.29, 0.717) is 5.02 Å². The molecule has 7 heteroatoms. The van der Waals surface area contributed by atoms with E-state index in [4.69, 9.17) is 16.7 Å². The summed E-state index contributed by atoms with van der Waals surface area (Å²) in [6, 6.07) is -0.668. The van der Waals surface area contributed by atoms with E-state index < -0.39 is 12.1 Å². The Balaban J connectivity index is 2.47. The van der Waals surface area contributed by atoms with E-state index >= 15 is 0 Å². The van der Waals surface area contributed by atoms with Crippen molar-refractivity contribution in [1.82, 2.24) is 15.1 Å². The molecule has 90 valence electrons. The fraction of sp³-hybridized carbons (Fsp3) is 0.556. The van der Waals surface area contributed by atoms with Gasteiger partial charge in [-0.05, 0) is 6.92 Å². The number of amides is 1. The summed E-state index contributed by atoms with van der Waals surface area (Å²) in [6.45, 7) is 1.17. The monoisotopic (exact) mass is 247 g/mol. The number of rotatable bonds is 5. The van der Waals surface area contributed by atoms with Crippen molar-refractivity contribution in [2.45, 2.75) is 25.6 Å². The molecule has 0 saturated heterocycles. The standard InChI is InChI=1S/C9H14ClN3O3/c1-6(15)8(5-14)12-9(16)4-13-3-7(10)2-11-13/h2-3,6,8,14-15H,4-5H2,1H3,(H,12,16)/t6-,8-/m1/s1. The van der Waals surface area contributed by atoms with Crippen molar-refractivity contribution in [2.75, 3.05) is 6.61 Å². The lowest BCUT2D eigenvalue weighted by molar-refractivity contribution is -0.123. The molecule has 0 aliphatic carbocycles. The molecule has 1 rings (SSSR count). The maximum absolute atomic E-state index is 11.5. The van der Waals surface area contributed by atoms with Gasteiger partial charge in [0.25, 0.3) is 0 Å². The van der Waals surface area contributed by atoms with E-state index in [0.717, 1.165) is 0 Å². The van der Waals surface area contributed by atoms with Crippen molar-refractivity contribution in [1.29, 1.82) is 0 Å². The van der Waals surface area contributed by atoms with Crippen LogP contribution >= 0.6 is 11.6 Å². The smallest absolute Gasteiger partial charge is 0.242 e. The first-order valence-corrected chi connectivity index (χ1v) is 5.17. The van der Waals surface area contributed by atoms with Crippen molar-refractivity contribution in [3.05, 3.63) is 17.4 Å². The molecule has 2 atom stereocenters. The summed E-state index contributed by atoms with van der Waals surface area (Å²) in [5.74, 6) is -0.347. The predicted octanol–water partition coefficient (Wildman–Crippen LogP) is -0.606. The highest BCUT2D eigenvalue weighted by Gasteiger charge is 2.16. The van der Waals surface area contributed by atoms with E-state index in [1.807, 2.05) is 0 Å². The Morgan fingerprint density at radius 1 is 1.75 bits per heavy atom. The molecule has 0 saturated carbocycles. The Kier molecular flexibility index (Phi) is 4.72. The normalized spacial score (nSPS) is 14.5. The van der Waals surface area contributed by atoms with Gasteiger partial charge in [-0.3, -0.25) is 9.48 Å². The molecule has 0 fully saturated rings. The Morgan fingerprint density at radius 3 is 2.88 bits per heavy atom. The van der Waals surface area contributed by atoms with Crippen LogP contribution in [0, 0.1) is 0 Å². The number of nitrogens with one attached hydrogen (secondary N) is 1. The fourth-order valence-electron chi connectivity index (χ4n) is 1.14. The van der Waals surface area contributed by atoms with Crippen LogP contribution in [-0.4, -0.2) is 44.7 Å². The molecule has 1 heterocycles. The van der Waals surface area contributed by atoms with Gasteiger partial charge >= 0.3 is 0 Å². The van der Waals surface area contributed by atoms with E-state index in [2.05, 4.69) is 10.4 Å². The molecule has 3 N–H and O–H groups in total. The third kappa shape index (κ3) is 3.80. The molecule has 1 aromatic heterocycles. The molecule has 6 nitrogen and oxygen atoms in total. The first kappa shape index (κ1) is 13.0. The van der Waals surface area contributed by atoms with Crippen molar-refractivity contribution >= 4 is 17.5 Å². The highest BCUT2D eigenvalue weighted by molar-refractivity contribution is 6.30. The van der Waals surface area contributed by atoms with Crippen LogP contribution in [0.15, 0.2) is 12.4 Å². The molecule has 0 unspecified atom stereocenters. The summed E-state index contributed by atoms with van der Waals surface area (Å²) in [4.78, 5) is 11.5. The highest BCUT2D eigenvalue weighted by atomic mass is 35.5. The number of hydrogen-bond donors (Lipinski definition) is 3. The third-order valence-corrected chi connectivity index (χ3v) is 2.23. The van der Waals surface area contributed by atoms with E-state index in [9.17, 15) is 9.90 Å². The second kappa shape index (κ2) is 5.83. The lowest BCUT2D eigenvalue weighted by Crippen LogP contribution is -2.45. The number of hydrogen-bond acceptors (Lipinski definition) is 4. The fourth-order valence-corrected chi connectivity index (χ4v) is 1.30.